The Morgan fingerprint density at radius 2 is 2.00 bits per heavy atom. The maximum absolute atomic E-state index is 11.4. The van der Waals surface area contributed by atoms with E-state index in [-0.39, 0.29) is 11.9 Å². The number of hydrogen-bond acceptors (Lipinski definition) is 2. The van der Waals surface area contributed by atoms with E-state index in [1.54, 1.807) is 0 Å². The van der Waals surface area contributed by atoms with E-state index in [1.165, 1.54) is 0 Å². The van der Waals surface area contributed by atoms with Crippen LogP contribution in [0, 0.1) is 5.92 Å². The second-order valence-electron chi connectivity index (χ2n) is 4.11. The first kappa shape index (κ1) is 13.4. The lowest BCUT2D eigenvalue weighted by molar-refractivity contribution is -0.122. The molecule has 0 aromatic rings. The minimum atomic E-state index is 0.129. The van der Waals surface area contributed by atoms with E-state index < -0.39 is 0 Å². The second kappa shape index (κ2) is 7.80. The van der Waals surface area contributed by atoms with Gasteiger partial charge in [-0.25, -0.2) is 0 Å². The summed E-state index contributed by atoms with van der Waals surface area (Å²) in [4.78, 5) is 11.4. The first-order chi connectivity index (χ1) is 6.61. The molecular weight excluding hydrogens is 176 g/mol. The molecule has 0 aromatic carbocycles. The first-order valence-electron chi connectivity index (χ1n) is 5.61. The van der Waals surface area contributed by atoms with Gasteiger partial charge >= 0.3 is 0 Å². The highest BCUT2D eigenvalue weighted by molar-refractivity contribution is 5.76. The lowest BCUT2D eigenvalue weighted by Gasteiger charge is -2.20. The average molecular weight is 200 g/mol. The summed E-state index contributed by atoms with van der Waals surface area (Å²) in [6.45, 7) is 6.81. The number of carbonyl (C=O) groups excluding carboxylic acids is 1. The number of amides is 1. The number of unbranched alkanes of at least 4 members (excludes halogenated alkanes) is 2. The molecule has 0 radical (unpaired) electrons. The Morgan fingerprint density at radius 1 is 1.36 bits per heavy atom. The van der Waals surface area contributed by atoms with Gasteiger partial charge in [-0.1, -0.05) is 33.6 Å². The summed E-state index contributed by atoms with van der Waals surface area (Å²) in [5.74, 6) is 0.553. The SMILES string of the molecule is CCCCCC(=O)NC(CN)C(C)C. The smallest absolute Gasteiger partial charge is 0.220 e. The van der Waals surface area contributed by atoms with E-state index in [2.05, 4.69) is 26.1 Å². The van der Waals surface area contributed by atoms with Crippen molar-refractivity contribution < 1.29 is 4.79 Å². The van der Waals surface area contributed by atoms with Gasteiger partial charge in [0.15, 0.2) is 0 Å². The highest BCUT2D eigenvalue weighted by Gasteiger charge is 2.13. The molecule has 14 heavy (non-hydrogen) atoms. The van der Waals surface area contributed by atoms with E-state index in [0.717, 1.165) is 19.3 Å². The van der Waals surface area contributed by atoms with Gasteiger partial charge in [-0.15, -0.1) is 0 Å². The monoisotopic (exact) mass is 200 g/mol. The van der Waals surface area contributed by atoms with Gasteiger partial charge in [0, 0.05) is 19.0 Å². The Kier molecular flexibility index (Phi) is 7.48. The van der Waals surface area contributed by atoms with Gasteiger partial charge in [0.1, 0.15) is 0 Å². The van der Waals surface area contributed by atoms with Crippen LogP contribution in [-0.4, -0.2) is 18.5 Å². The quantitative estimate of drug-likeness (QED) is 0.614. The van der Waals surface area contributed by atoms with Crippen molar-refractivity contribution in [2.24, 2.45) is 11.7 Å². The summed E-state index contributed by atoms with van der Waals surface area (Å²) in [5, 5.41) is 2.96. The summed E-state index contributed by atoms with van der Waals surface area (Å²) in [6.07, 6.45) is 3.90. The number of rotatable bonds is 7. The van der Waals surface area contributed by atoms with Gasteiger partial charge in [-0.05, 0) is 12.3 Å². The third-order valence-corrected chi connectivity index (χ3v) is 2.41. The van der Waals surface area contributed by atoms with Gasteiger partial charge in [0.25, 0.3) is 0 Å². The van der Waals surface area contributed by atoms with E-state index >= 15 is 0 Å². The molecule has 1 atom stereocenters. The third-order valence-electron chi connectivity index (χ3n) is 2.41. The molecule has 0 saturated carbocycles. The van der Waals surface area contributed by atoms with Crippen LogP contribution < -0.4 is 11.1 Å². The lowest BCUT2D eigenvalue weighted by atomic mass is 10.0. The fraction of sp³-hybridized carbons (Fsp3) is 0.909. The van der Waals surface area contributed by atoms with Crippen LogP contribution in [0.4, 0.5) is 0 Å². The Labute approximate surface area is 87.4 Å². The van der Waals surface area contributed by atoms with Gasteiger partial charge in [-0.2, -0.15) is 0 Å². The van der Waals surface area contributed by atoms with E-state index in [4.69, 9.17) is 5.73 Å². The third kappa shape index (κ3) is 5.97. The fourth-order valence-corrected chi connectivity index (χ4v) is 1.31. The summed E-state index contributed by atoms with van der Waals surface area (Å²) in [5.41, 5.74) is 5.56. The molecule has 0 rings (SSSR count). The molecule has 3 heteroatoms. The van der Waals surface area contributed by atoms with Gasteiger partial charge in [-0.3, -0.25) is 4.79 Å². The van der Waals surface area contributed by atoms with Gasteiger partial charge in [0.05, 0.1) is 0 Å². The zero-order valence-electron chi connectivity index (χ0n) is 9.68. The largest absolute Gasteiger partial charge is 0.352 e. The Hall–Kier alpha value is -0.570. The van der Waals surface area contributed by atoms with Gasteiger partial charge < -0.3 is 11.1 Å². The molecule has 0 heterocycles. The second-order valence-corrected chi connectivity index (χ2v) is 4.11. The molecule has 1 amide bonds. The van der Waals surface area contributed by atoms with Crippen LogP contribution in [0.15, 0.2) is 0 Å². The predicted molar refractivity (Wildman–Crippen MR) is 60.0 cm³/mol. The Morgan fingerprint density at radius 3 is 2.43 bits per heavy atom. The van der Waals surface area contributed by atoms with Crippen LogP contribution in [0.3, 0.4) is 0 Å². The van der Waals surface area contributed by atoms with Crippen LogP contribution in [0.5, 0.6) is 0 Å². The highest BCUT2D eigenvalue weighted by Crippen LogP contribution is 2.02. The summed E-state index contributed by atoms with van der Waals surface area (Å²) in [6, 6.07) is 0.129. The highest BCUT2D eigenvalue weighted by atomic mass is 16.1. The Bertz CT molecular complexity index is 157. The van der Waals surface area contributed by atoms with Crippen molar-refractivity contribution in [2.45, 2.75) is 52.5 Å². The van der Waals surface area contributed by atoms with Crippen LogP contribution in [-0.2, 0) is 4.79 Å². The van der Waals surface area contributed by atoms with Crippen molar-refractivity contribution in [1.29, 1.82) is 0 Å². The van der Waals surface area contributed by atoms with Crippen molar-refractivity contribution in [1.82, 2.24) is 5.32 Å². The molecule has 0 aliphatic rings. The van der Waals surface area contributed by atoms with Crippen LogP contribution in [0.25, 0.3) is 0 Å². The van der Waals surface area contributed by atoms with E-state index in [1.807, 2.05) is 0 Å². The molecule has 0 fully saturated rings. The van der Waals surface area contributed by atoms with Crippen molar-refractivity contribution in [3.63, 3.8) is 0 Å². The fourth-order valence-electron chi connectivity index (χ4n) is 1.31. The molecule has 84 valence electrons. The normalized spacial score (nSPS) is 12.9. The number of carbonyl (C=O) groups is 1. The number of nitrogens with one attached hydrogen (secondary N) is 1. The number of nitrogens with two attached hydrogens (primary N) is 1. The zero-order valence-corrected chi connectivity index (χ0v) is 9.68. The molecule has 3 nitrogen and oxygen atoms in total. The molecule has 3 N–H and O–H groups in total. The average Bonchev–Trinajstić information content (AvgIpc) is 2.14. The number of hydrogen-bond donors (Lipinski definition) is 2. The maximum atomic E-state index is 11.4. The summed E-state index contributed by atoms with van der Waals surface area (Å²) >= 11 is 0. The van der Waals surface area contributed by atoms with Crippen molar-refractivity contribution in [3.05, 3.63) is 0 Å². The first-order valence-corrected chi connectivity index (χ1v) is 5.61. The Balaban J connectivity index is 3.68. The molecule has 0 aliphatic carbocycles. The molecular formula is C11H24N2O. The molecule has 1 unspecified atom stereocenters. The van der Waals surface area contributed by atoms with Crippen LogP contribution in [0.1, 0.15) is 46.5 Å². The minimum absolute atomic E-state index is 0.129. The van der Waals surface area contributed by atoms with Crippen molar-refractivity contribution in [2.75, 3.05) is 6.54 Å². The van der Waals surface area contributed by atoms with Crippen LogP contribution >= 0.6 is 0 Å². The van der Waals surface area contributed by atoms with Crippen LogP contribution in [0.2, 0.25) is 0 Å². The van der Waals surface area contributed by atoms with E-state index in [0.29, 0.717) is 18.9 Å². The van der Waals surface area contributed by atoms with Gasteiger partial charge in [0.2, 0.25) is 5.91 Å². The summed E-state index contributed by atoms with van der Waals surface area (Å²) in [7, 11) is 0. The zero-order chi connectivity index (χ0) is 11.0. The van der Waals surface area contributed by atoms with Crippen molar-refractivity contribution in [3.8, 4) is 0 Å². The predicted octanol–water partition coefficient (Wildman–Crippen LogP) is 1.67. The van der Waals surface area contributed by atoms with Crippen molar-refractivity contribution >= 4 is 5.91 Å². The maximum Gasteiger partial charge on any atom is 0.220 e. The standard InChI is InChI=1S/C11H24N2O/c1-4-5-6-7-11(14)13-10(8-12)9(2)3/h9-10H,4-8,12H2,1-3H3,(H,13,14). The molecule has 0 spiro atoms. The molecule has 0 saturated heterocycles. The molecule has 0 aliphatic heterocycles. The topological polar surface area (TPSA) is 55.1 Å². The lowest BCUT2D eigenvalue weighted by Crippen LogP contribution is -2.43. The minimum Gasteiger partial charge on any atom is -0.352 e. The molecule has 0 aromatic heterocycles. The summed E-state index contributed by atoms with van der Waals surface area (Å²) < 4.78 is 0. The van der Waals surface area contributed by atoms with E-state index in [9.17, 15) is 4.79 Å². The molecule has 0 bridgehead atoms.